The third-order valence-corrected chi connectivity index (χ3v) is 7.34. The molecule has 1 unspecified atom stereocenters. The number of hydrogen-bond acceptors (Lipinski definition) is 1. The van der Waals surface area contributed by atoms with E-state index in [-0.39, 0.29) is 0 Å². The van der Waals surface area contributed by atoms with Crippen LogP contribution in [0.25, 0.3) is 0 Å². The molecule has 4 saturated carbocycles. The van der Waals surface area contributed by atoms with Crippen LogP contribution in [0.3, 0.4) is 0 Å². The van der Waals surface area contributed by atoms with E-state index in [1.165, 1.54) is 38.5 Å². The van der Waals surface area contributed by atoms with Gasteiger partial charge in [0.05, 0.1) is 7.11 Å². The van der Waals surface area contributed by atoms with Crippen LogP contribution in [-0.2, 0) is 10.8 Å². The summed E-state index contributed by atoms with van der Waals surface area (Å²) >= 11 is 0. The lowest BCUT2D eigenvalue weighted by Crippen LogP contribution is -2.77. The molecule has 6 rings (SSSR count). The molecule has 0 radical (unpaired) electrons. The van der Waals surface area contributed by atoms with Gasteiger partial charge >= 0.3 is 0 Å². The first-order chi connectivity index (χ1) is 11.8. The second-order valence-corrected chi connectivity index (χ2v) is 8.28. The minimum absolute atomic E-state index is 0.442. The highest BCUT2D eigenvalue weighted by atomic mass is 16.5. The maximum absolute atomic E-state index is 5.36. The Hall–Kier alpha value is -1.76. The quantitative estimate of drug-likeness (QED) is 0.725. The summed E-state index contributed by atoms with van der Waals surface area (Å²) in [7, 11) is 1.75. The van der Waals surface area contributed by atoms with Gasteiger partial charge in [-0.05, 0) is 47.9 Å². The van der Waals surface area contributed by atoms with Crippen LogP contribution in [0.4, 0.5) is 0 Å². The first-order valence-electron chi connectivity index (χ1n) is 9.49. The summed E-state index contributed by atoms with van der Waals surface area (Å²) in [5.41, 5.74) is 4.06. The third-order valence-electron chi connectivity index (χ3n) is 7.34. The molecule has 2 aromatic rings. The molecule has 1 heteroatoms. The van der Waals surface area contributed by atoms with Crippen molar-refractivity contribution in [2.24, 2.45) is 11.8 Å². The molecule has 0 saturated heterocycles. The monoisotopic (exact) mass is 318 g/mol. The van der Waals surface area contributed by atoms with Gasteiger partial charge < -0.3 is 4.74 Å². The van der Waals surface area contributed by atoms with Gasteiger partial charge in [0, 0.05) is 10.8 Å². The minimum Gasteiger partial charge on any atom is -0.497 e. The lowest BCUT2D eigenvalue weighted by atomic mass is 9.24. The van der Waals surface area contributed by atoms with E-state index in [0.717, 1.165) is 17.6 Å². The predicted molar refractivity (Wildman–Crippen MR) is 97.5 cm³/mol. The van der Waals surface area contributed by atoms with Crippen molar-refractivity contribution in [1.82, 2.24) is 0 Å². The summed E-state index contributed by atoms with van der Waals surface area (Å²) in [6.45, 7) is 0. The van der Waals surface area contributed by atoms with Crippen LogP contribution in [0.15, 0.2) is 54.6 Å². The van der Waals surface area contributed by atoms with Gasteiger partial charge in [-0.25, -0.2) is 0 Å². The van der Waals surface area contributed by atoms with Crippen molar-refractivity contribution < 1.29 is 4.74 Å². The first kappa shape index (κ1) is 14.6. The molecule has 124 valence electrons. The van der Waals surface area contributed by atoms with Crippen LogP contribution < -0.4 is 4.74 Å². The molecule has 0 spiro atoms. The van der Waals surface area contributed by atoms with Crippen LogP contribution in [0.5, 0.6) is 5.75 Å². The number of rotatable bonds is 4. The summed E-state index contributed by atoms with van der Waals surface area (Å²) in [4.78, 5) is 0. The molecular formula is C23H26O. The van der Waals surface area contributed by atoms with Crippen LogP contribution in [0, 0.1) is 11.8 Å². The van der Waals surface area contributed by atoms with E-state index in [9.17, 15) is 0 Å². The lowest BCUT2D eigenvalue weighted by Gasteiger charge is -2.79. The van der Waals surface area contributed by atoms with Crippen molar-refractivity contribution >= 4 is 0 Å². The van der Waals surface area contributed by atoms with Gasteiger partial charge in [-0.1, -0.05) is 68.1 Å². The van der Waals surface area contributed by atoms with Crippen molar-refractivity contribution in [2.45, 2.75) is 49.4 Å². The molecule has 2 bridgehead atoms. The average molecular weight is 318 g/mol. The zero-order chi connectivity index (χ0) is 16.2. The molecule has 0 amide bonds. The predicted octanol–water partition coefficient (Wildman–Crippen LogP) is 5.48. The largest absolute Gasteiger partial charge is 0.497 e. The van der Waals surface area contributed by atoms with E-state index in [1.54, 1.807) is 18.2 Å². The number of methoxy groups -OCH3 is 1. The standard InChI is InChI=1S/C23H26O/c1-24-20-13-11-19(12-14-20)23-15-22(16-23,18-9-3-2-4-10-18)21(23)17-7-5-6-8-17/h2-4,9-14,17,21H,5-8,15-16H2,1H3. The molecule has 2 aromatic carbocycles. The molecule has 4 fully saturated rings. The maximum Gasteiger partial charge on any atom is 0.118 e. The zero-order valence-electron chi connectivity index (χ0n) is 14.5. The summed E-state index contributed by atoms with van der Waals surface area (Å²) in [5, 5.41) is 0. The first-order valence-corrected chi connectivity index (χ1v) is 9.49. The van der Waals surface area contributed by atoms with Gasteiger partial charge in [0.15, 0.2) is 0 Å². The molecule has 0 heterocycles. The Bertz CT molecular complexity index is 718. The summed E-state index contributed by atoms with van der Waals surface area (Å²) in [6.07, 6.45) is 8.44. The molecule has 4 aliphatic rings. The van der Waals surface area contributed by atoms with E-state index < -0.39 is 0 Å². The van der Waals surface area contributed by atoms with E-state index in [1.807, 2.05) is 0 Å². The van der Waals surface area contributed by atoms with E-state index in [4.69, 9.17) is 4.74 Å². The van der Waals surface area contributed by atoms with Gasteiger partial charge in [0.1, 0.15) is 5.75 Å². The van der Waals surface area contributed by atoms with E-state index >= 15 is 0 Å². The van der Waals surface area contributed by atoms with Gasteiger partial charge in [-0.2, -0.15) is 0 Å². The number of hydrogen-bond donors (Lipinski definition) is 0. The molecule has 24 heavy (non-hydrogen) atoms. The molecule has 4 aliphatic carbocycles. The number of benzene rings is 2. The smallest absolute Gasteiger partial charge is 0.118 e. The fourth-order valence-corrected chi connectivity index (χ4v) is 6.43. The Morgan fingerprint density at radius 1 is 0.792 bits per heavy atom. The summed E-state index contributed by atoms with van der Waals surface area (Å²) in [6, 6.07) is 20.3. The van der Waals surface area contributed by atoms with Gasteiger partial charge in [0.25, 0.3) is 0 Å². The SMILES string of the molecule is COc1ccc(C23CC(c4ccccc4)(C2)C3C2CCCC2)cc1. The Kier molecular flexibility index (Phi) is 3.11. The highest BCUT2D eigenvalue weighted by Gasteiger charge is 2.77. The second kappa shape index (κ2) is 5.12. The van der Waals surface area contributed by atoms with E-state index in [2.05, 4.69) is 54.6 Å². The Morgan fingerprint density at radius 3 is 1.96 bits per heavy atom. The molecule has 1 atom stereocenters. The highest BCUT2D eigenvalue weighted by molar-refractivity contribution is 5.52. The molecule has 1 nitrogen and oxygen atoms in total. The van der Waals surface area contributed by atoms with Gasteiger partial charge in [0.2, 0.25) is 0 Å². The average Bonchev–Trinajstić information content (AvgIpc) is 3.08. The molecular weight excluding hydrogens is 292 g/mol. The van der Waals surface area contributed by atoms with Crippen LogP contribution >= 0.6 is 0 Å². The van der Waals surface area contributed by atoms with Crippen LogP contribution in [0.1, 0.15) is 49.7 Å². The highest BCUT2D eigenvalue weighted by Crippen LogP contribution is 2.80. The van der Waals surface area contributed by atoms with Crippen molar-refractivity contribution in [3.63, 3.8) is 0 Å². The number of ether oxygens (including phenoxy) is 1. The molecule has 0 aliphatic heterocycles. The normalized spacial score (nSPS) is 34.5. The fourth-order valence-electron chi connectivity index (χ4n) is 6.43. The Labute approximate surface area is 145 Å². The summed E-state index contributed by atoms with van der Waals surface area (Å²) < 4.78 is 5.36. The summed E-state index contributed by atoms with van der Waals surface area (Å²) in [5.74, 6) is 2.75. The van der Waals surface area contributed by atoms with Crippen molar-refractivity contribution in [3.05, 3.63) is 65.7 Å². The van der Waals surface area contributed by atoms with Crippen molar-refractivity contribution in [3.8, 4) is 5.75 Å². The van der Waals surface area contributed by atoms with Gasteiger partial charge in [-0.3, -0.25) is 0 Å². The van der Waals surface area contributed by atoms with Gasteiger partial charge in [-0.15, -0.1) is 0 Å². The third kappa shape index (κ3) is 1.76. The van der Waals surface area contributed by atoms with Crippen molar-refractivity contribution in [2.75, 3.05) is 7.11 Å². The lowest BCUT2D eigenvalue weighted by molar-refractivity contribution is -0.184. The Balaban J connectivity index is 1.52. The molecule has 0 N–H and O–H groups in total. The topological polar surface area (TPSA) is 9.23 Å². The maximum atomic E-state index is 5.36. The fraction of sp³-hybridized carbons (Fsp3) is 0.478. The zero-order valence-corrected chi connectivity index (χ0v) is 14.5. The van der Waals surface area contributed by atoms with E-state index in [0.29, 0.717) is 10.8 Å². The van der Waals surface area contributed by atoms with Crippen LogP contribution in [0.2, 0.25) is 0 Å². The van der Waals surface area contributed by atoms with Crippen molar-refractivity contribution in [1.29, 1.82) is 0 Å². The second-order valence-electron chi connectivity index (χ2n) is 8.28. The van der Waals surface area contributed by atoms with Crippen LogP contribution in [-0.4, -0.2) is 7.11 Å². The minimum atomic E-state index is 0.442. The Morgan fingerprint density at radius 2 is 1.38 bits per heavy atom. The molecule has 0 aromatic heterocycles.